The molecule has 0 heterocycles. The number of carbonyl (C=O) groups is 2. The van der Waals surface area contributed by atoms with Crippen LogP contribution >= 0.6 is 0 Å². The first-order valence-corrected chi connectivity index (χ1v) is 7.39. The second-order valence-electron chi connectivity index (χ2n) is 5.48. The minimum atomic E-state index is -1.72. The fourth-order valence-electron chi connectivity index (χ4n) is 1.58. The SMILES string of the molecule is CC(C(=O)NC(C)(C)C)S(=O)c1ccccc1C(=O)O. The van der Waals surface area contributed by atoms with Crippen LogP contribution in [0.3, 0.4) is 0 Å². The molecule has 0 radical (unpaired) electrons. The van der Waals surface area contributed by atoms with E-state index in [9.17, 15) is 13.8 Å². The smallest absolute Gasteiger partial charge is 0.336 e. The van der Waals surface area contributed by atoms with E-state index in [2.05, 4.69) is 5.32 Å². The first-order chi connectivity index (χ1) is 9.13. The maximum atomic E-state index is 12.4. The van der Waals surface area contributed by atoms with Gasteiger partial charge in [-0.3, -0.25) is 9.00 Å². The second-order valence-corrected chi connectivity index (χ2v) is 7.22. The summed E-state index contributed by atoms with van der Waals surface area (Å²) in [6.45, 7) is 7.00. The zero-order chi connectivity index (χ0) is 15.5. The standard InChI is InChI=1S/C14H19NO4S/c1-9(12(16)15-14(2,3)4)20(19)11-8-6-5-7-10(11)13(17)18/h5-9H,1-4H3,(H,15,16)(H,17,18). The molecule has 1 aromatic rings. The van der Waals surface area contributed by atoms with E-state index in [4.69, 9.17) is 5.11 Å². The highest BCUT2D eigenvalue weighted by Gasteiger charge is 2.27. The number of aromatic carboxylic acids is 1. The molecule has 0 aliphatic rings. The lowest BCUT2D eigenvalue weighted by molar-refractivity contribution is -0.121. The first-order valence-electron chi connectivity index (χ1n) is 6.18. The van der Waals surface area contributed by atoms with Crippen LogP contribution < -0.4 is 5.32 Å². The number of carboxylic acids is 1. The van der Waals surface area contributed by atoms with Crippen molar-refractivity contribution >= 4 is 22.7 Å². The normalized spacial score (nSPS) is 14.4. The molecule has 5 nitrogen and oxygen atoms in total. The third kappa shape index (κ3) is 4.16. The van der Waals surface area contributed by atoms with Crippen LogP contribution in [0.4, 0.5) is 0 Å². The maximum absolute atomic E-state index is 12.4. The van der Waals surface area contributed by atoms with Gasteiger partial charge in [-0.05, 0) is 39.8 Å². The molecule has 20 heavy (non-hydrogen) atoms. The summed E-state index contributed by atoms with van der Waals surface area (Å²) in [5, 5.41) is 11.0. The first kappa shape index (κ1) is 16.4. The van der Waals surface area contributed by atoms with Crippen molar-refractivity contribution in [3.63, 3.8) is 0 Å². The van der Waals surface area contributed by atoms with Crippen LogP contribution in [-0.4, -0.2) is 32.0 Å². The largest absolute Gasteiger partial charge is 0.478 e. The summed E-state index contributed by atoms with van der Waals surface area (Å²) < 4.78 is 12.4. The Morgan fingerprint density at radius 1 is 1.25 bits per heavy atom. The van der Waals surface area contributed by atoms with E-state index in [0.717, 1.165) is 0 Å². The third-order valence-corrected chi connectivity index (χ3v) is 4.17. The summed E-state index contributed by atoms with van der Waals surface area (Å²) in [5.41, 5.74) is -0.469. The van der Waals surface area contributed by atoms with E-state index in [1.165, 1.54) is 19.1 Å². The van der Waals surface area contributed by atoms with Crippen molar-refractivity contribution in [2.75, 3.05) is 0 Å². The Morgan fingerprint density at radius 2 is 1.80 bits per heavy atom. The van der Waals surface area contributed by atoms with Gasteiger partial charge >= 0.3 is 5.97 Å². The van der Waals surface area contributed by atoms with Gasteiger partial charge in [0, 0.05) is 5.54 Å². The van der Waals surface area contributed by atoms with Gasteiger partial charge < -0.3 is 10.4 Å². The van der Waals surface area contributed by atoms with Crippen molar-refractivity contribution in [3.8, 4) is 0 Å². The summed E-state index contributed by atoms with van der Waals surface area (Å²) in [7, 11) is -1.72. The molecule has 0 aliphatic carbocycles. The van der Waals surface area contributed by atoms with E-state index < -0.39 is 27.6 Å². The maximum Gasteiger partial charge on any atom is 0.336 e. The Labute approximate surface area is 120 Å². The highest BCUT2D eigenvalue weighted by atomic mass is 32.2. The molecule has 0 bridgehead atoms. The second kappa shape index (κ2) is 6.17. The fourth-order valence-corrected chi connectivity index (χ4v) is 2.80. The average Bonchev–Trinajstić information content (AvgIpc) is 2.34. The predicted octanol–water partition coefficient (Wildman–Crippen LogP) is 1.80. The molecule has 0 saturated carbocycles. The van der Waals surface area contributed by atoms with Crippen LogP contribution in [0.15, 0.2) is 29.2 Å². The van der Waals surface area contributed by atoms with E-state index >= 15 is 0 Å². The van der Waals surface area contributed by atoms with Crippen molar-refractivity contribution in [2.45, 2.75) is 43.4 Å². The Kier molecular flexibility index (Phi) is 5.05. The van der Waals surface area contributed by atoms with Crippen molar-refractivity contribution in [2.24, 2.45) is 0 Å². The third-order valence-electron chi connectivity index (χ3n) is 2.52. The van der Waals surface area contributed by atoms with Crippen molar-refractivity contribution in [1.29, 1.82) is 0 Å². The predicted molar refractivity (Wildman–Crippen MR) is 77.2 cm³/mol. The zero-order valence-electron chi connectivity index (χ0n) is 12.0. The van der Waals surface area contributed by atoms with Crippen molar-refractivity contribution in [1.82, 2.24) is 5.32 Å². The highest BCUT2D eigenvalue weighted by molar-refractivity contribution is 7.86. The fraction of sp³-hybridized carbons (Fsp3) is 0.429. The molecule has 0 fully saturated rings. The van der Waals surface area contributed by atoms with E-state index in [1.807, 2.05) is 20.8 Å². The van der Waals surface area contributed by atoms with Crippen LogP contribution in [0.1, 0.15) is 38.1 Å². The lowest BCUT2D eigenvalue weighted by Crippen LogP contribution is -2.46. The quantitative estimate of drug-likeness (QED) is 0.887. The molecular weight excluding hydrogens is 278 g/mol. The Balaban J connectivity index is 3.01. The number of amides is 1. The van der Waals surface area contributed by atoms with Gasteiger partial charge in [-0.2, -0.15) is 0 Å². The van der Waals surface area contributed by atoms with E-state index in [-0.39, 0.29) is 16.4 Å². The minimum Gasteiger partial charge on any atom is -0.478 e. The Hall–Kier alpha value is -1.69. The van der Waals surface area contributed by atoms with Gasteiger partial charge in [0.25, 0.3) is 0 Å². The number of rotatable bonds is 4. The molecule has 0 spiro atoms. The van der Waals surface area contributed by atoms with Gasteiger partial charge in [-0.15, -0.1) is 0 Å². The lowest BCUT2D eigenvalue weighted by Gasteiger charge is -2.23. The monoisotopic (exact) mass is 297 g/mol. The summed E-state index contributed by atoms with van der Waals surface area (Å²) in [4.78, 5) is 23.3. The van der Waals surface area contributed by atoms with Gasteiger partial charge in [0.05, 0.1) is 21.3 Å². The number of hydrogen-bond donors (Lipinski definition) is 2. The topological polar surface area (TPSA) is 83.5 Å². The number of carboxylic acid groups (broad SMARTS) is 1. The summed E-state index contributed by atoms with van der Waals surface area (Å²) in [5.74, 6) is -1.52. The molecule has 2 atom stereocenters. The summed E-state index contributed by atoms with van der Waals surface area (Å²) in [6.07, 6.45) is 0. The Morgan fingerprint density at radius 3 is 2.30 bits per heavy atom. The molecule has 1 rings (SSSR count). The van der Waals surface area contributed by atoms with Gasteiger partial charge in [-0.1, -0.05) is 12.1 Å². The molecule has 0 aromatic heterocycles. The lowest BCUT2D eigenvalue weighted by atomic mass is 10.1. The van der Waals surface area contributed by atoms with E-state index in [0.29, 0.717) is 0 Å². The molecule has 2 unspecified atom stereocenters. The van der Waals surface area contributed by atoms with E-state index in [1.54, 1.807) is 12.1 Å². The van der Waals surface area contributed by atoms with Crippen LogP contribution in [0.2, 0.25) is 0 Å². The highest BCUT2D eigenvalue weighted by Crippen LogP contribution is 2.17. The average molecular weight is 297 g/mol. The van der Waals surface area contributed by atoms with Crippen LogP contribution in [0, 0.1) is 0 Å². The number of hydrogen-bond acceptors (Lipinski definition) is 3. The number of nitrogens with one attached hydrogen (secondary N) is 1. The van der Waals surface area contributed by atoms with Crippen LogP contribution in [-0.2, 0) is 15.6 Å². The minimum absolute atomic E-state index is 0.0405. The summed E-state index contributed by atoms with van der Waals surface area (Å²) in [6, 6.07) is 6.02. The van der Waals surface area contributed by atoms with Crippen molar-refractivity contribution in [3.05, 3.63) is 29.8 Å². The molecule has 1 amide bonds. The molecule has 0 aliphatic heterocycles. The van der Waals surface area contributed by atoms with Gasteiger partial charge in [0.1, 0.15) is 5.25 Å². The number of carbonyl (C=O) groups excluding carboxylic acids is 1. The molecule has 0 saturated heterocycles. The molecule has 1 aromatic carbocycles. The number of benzene rings is 1. The molecule has 110 valence electrons. The van der Waals surface area contributed by atoms with Crippen molar-refractivity contribution < 1.29 is 18.9 Å². The molecule has 6 heteroatoms. The summed E-state index contributed by atoms with van der Waals surface area (Å²) >= 11 is 0. The molecular formula is C14H19NO4S. The van der Waals surface area contributed by atoms with Gasteiger partial charge in [0.2, 0.25) is 5.91 Å². The van der Waals surface area contributed by atoms with Gasteiger partial charge in [-0.25, -0.2) is 4.79 Å². The van der Waals surface area contributed by atoms with Gasteiger partial charge in [0.15, 0.2) is 0 Å². The molecule has 2 N–H and O–H groups in total. The zero-order valence-corrected chi connectivity index (χ0v) is 12.8. The Bertz CT molecular complexity index is 548. The van der Waals surface area contributed by atoms with Crippen LogP contribution in [0.5, 0.6) is 0 Å². The van der Waals surface area contributed by atoms with Crippen LogP contribution in [0.25, 0.3) is 0 Å².